The molecule has 0 aromatic heterocycles. The van der Waals surface area contributed by atoms with Gasteiger partial charge in [0.05, 0.1) is 11.5 Å². The van der Waals surface area contributed by atoms with Crippen LogP contribution in [-0.4, -0.2) is 18.1 Å². The molecule has 0 radical (unpaired) electrons. The minimum absolute atomic E-state index is 0.836. The van der Waals surface area contributed by atoms with Crippen LogP contribution < -0.4 is 11.5 Å². The summed E-state index contributed by atoms with van der Waals surface area (Å²) in [6.07, 6.45) is -4.53. The van der Waals surface area contributed by atoms with E-state index in [0.717, 1.165) is 13.8 Å². The quantitative estimate of drug-likeness (QED) is 0.651. The van der Waals surface area contributed by atoms with Crippen LogP contribution in [0.15, 0.2) is 0 Å². The van der Waals surface area contributed by atoms with Crippen LogP contribution in [0.3, 0.4) is 0 Å². The van der Waals surface area contributed by atoms with E-state index < -0.39 is 23.5 Å². The third-order valence-electron chi connectivity index (χ3n) is 1.81. The Bertz CT molecular complexity index is 188. The summed E-state index contributed by atoms with van der Waals surface area (Å²) in [4.78, 5) is 10.4. The fourth-order valence-electron chi connectivity index (χ4n) is 0.532. The number of amides is 1. The van der Waals surface area contributed by atoms with Gasteiger partial charge in [0, 0.05) is 0 Å². The number of carbonyl (C=O) groups is 1. The number of hydrogen-bond acceptors (Lipinski definition) is 2. The van der Waals surface area contributed by atoms with Crippen molar-refractivity contribution in [1.82, 2.24) is 0 Å². The standard InChI is InChI=1S/C6H11F3N2O/c1-5(2,6(7,8)9)3(10)4(11)12/h3H,10H2,1-2H3,(H2,11,12)/t3-/m1/s1. The summed E-state index contributed by atoms with van der Waals surface area (Å²) in [5, 5.41) is 0. The minimum Gasteiger partial charge on any atom is -0.368 e. The van der Waals surface area contributed by atoms with Crippen molar-refractivity contribution in [2.75, 3.05) is 0 Å². The molecule has 12 heavy (non-hydrogen) atoms. The van der Waals surface area contributed by atoms with Gasteiger partial charge in [-0.15, -0.1) is 0 Å². The maximum absolute atomic E-state index is 12.2. The molecule has 0 aliphatic carbocycles. The number of hydrogen-bond donors (Lipinski definition) is 2. The normalized spacial score (nSPS) is 15.8. The predicted octanol–water partition coefficient (Wildman–Crippen LogP) is 0.387. The summed E-state index contributed by atoms with van der Waals surface area (Å²) in [7, 11) is 0. The monoisotopic (exact) mass is 184 g/mol. The number of carbonyl (C=O) groups excluding carboxylic acids is 1. The van der Waals surface area contributed by atoms with E-state index in [1.54, 1.807) is 0 Å². The zero-order chi connectivity index (χ0) is 10.2. The van der Waals surface area contributed by atoms with Gasteiger partial charge in [-0.05, 0) is 13.8 Å². The Balaban J connectivity index is 4.73. The summed E-state index contributed by atoms with van der Waals surface area (Å²) in [5.74, 6) is -1.16. The van der Waals surface area contributed by atoms with Gasteiger partial charge in [0.1, 0.15) is 0 Å². The van der Waals surface area contributed by atoms with Crippen molar-refractivity contribution in [3.05, 3.63) is 0 Å². The van der Waals surface area contributed by atoms with Gasteiger partial charge >= 0.3 is 6.18 Å². The first-order valence-corrected chi connectivity index (χ1v) is 3.22. The first kappa shape index (κ1) is 11.2. The highest BCUT2D eigenvalue weighted by Gasteiger charge is 2.53. The number of primary amides is 1. The van der Waals surface area contributed by atoms with Crippen LogP contribution in [-0.2, 0) is 4.79 Å². The van der Waals surface area contributed by atoms with Crippen molar-refractivity contribution >= 4 is 5.91 Å². The molecule has 0 aromatic carbocycles. The van der Waals surface area contributed by atoms with E-state index in [0.29, 0.717) is 0 Å². The molecular formula is C6H11F3N2O. The van der Waals surface area contributed by atoms with Gasteiger partial charge in [0.25, 0.3) is 0 Å². The molecule has 0 saturated heterocycles. The molecular weight excluding hydrogens is 173 g/mol. The Morgan fingerprint density at radius 3 is 1.75 bits per heavy atom. The molecule has 0 spiro atoms. The summed E-state index contributed by atoms with van der Waals surface area (Å²) >= 11 is 0. The van der Waals surface area contributed by atoms with Crippen LogP contribution in [0.2, 0.25) is 0 Å². The lowest BCUT2D eigenvalue weighted by Crippen LogP contribution is -2.54. The van der Waals surface area contributed by atoms with Crippen molar-refractivity contribution < 1.29 is 18.0 Å². The average molecular weight is 184 g/mol. The van der Waals surface area contributed by atoms with E-state index in [1.165, 1.54) is 0 Å². The molecule has 0 heterocycles. The van der Waals surface area contributed by atoms with Crippen molar-refractivity contribution in [2.24, 2.45) is 16.9 Å². The van der Waals surface area contributed by atoms with Crippen molar-refractivity contribution in [3.63, 3.8) is 0 Å². The zero-order valence-corrected chi connectivity index (χ0v) is 6.77. The molecule has 0 aliphatic rings. The van der Waals surface area contributed by atoms with Gasteiger partial charge in [0.15, 0.2) is 0 Å². The number of nitrogens with two attached hydrogens (primary N) is 2. The van der Waals surface area contributed by atoms with Crippen molar-refractivity contribution in [2.45, 2.75) is 26.1 Å². The molecule has 0 saturated carbocycles. The van der Waals surface area contributed by atoms with Crippen LogP contribution in [0.25, 0.3) is 0 Å². The van der Waals surface area contributed by atoms with E-state index >= 15 is 0 Å². The van der Waals surface area contributed by atoms with Crippen LogP contribution in [0.4, 0.5) is 13.2 Å². The summed E-state index contributed by atoms with van der Waals surface area (Å²) < 4.78 is 36.5. The van der Waals surface area contributed by atoms with E-state index in [1.807, 2.05) is 0 Å². The second-order valence-corrected chi connectivity index (χ2v) is 3.10. The SMILES string of the molecule is CC(C)([C@H](N)C(N)=O)C(F)(F)F. The molecule has 0 rings (SSSR count). The topological polar surface area (TPSA) is 69.1 Å². The third kappa shape index (κ3) is 1.88. The highest BCUT2D eigenvalue weighted by Crippen LogP contribution is 2.39. The summed E-state index contributed by atoms with van der Waals surface area (Å²) in [5.41, 5.74) is 7.36. The summed E-state index contributed by atoms with van der Waals surface area (Å²) in [6.45, 7) is 1.67. The molecule has 72 valence electrons. The van der Waals surface area contributed by atoms with Crippen LogP contribution in [0.1, 0.15) is 13.8 Å². The molecule has 0 aliphatic heterocycles. The Hall–Kier alpha value is -0.780. The van der Waals surface area contributed by atoms with Gasteiger partial charge in [-0.1, -0.05) is 0 Å². The second-order valence-electron chi connectivity index (χ2n) is 3.10. The lowest BCUT2D eigenvalue weighted by atomic mass is 9.84. The van der Waals surface area contributed by atoms with Crippen LogP contribution in [0.5, 0.6) is 0 Å². The highest BCUT2D eigenvalue weighted by molar-refractivity contribution is 5.80. The number of halogens is 3. The first-order valence-electron chi connectivity index (χ1n) is 3.22. The molecule has 0 aromatic rings. The van der Waals surface area contributed by atoms with Gasteiger partial charge in [-0.3, -0.25) is 4.79 Å². The Kier molecular flexibility index (Phi) is 2.74. The van der Waals surface area contributed by atoms with Crippen LogP contribution in [0, 0.1) is 5.41 Å². The van der Waals surface area contributed by atoms with E-state index in [9.17, 15) is 18.0 Å². The molecule has 0 fully saturated rings. The molecule has 0 unspecified atom stereocenters. The predicted molar refractivity (Wildman–Crippen MR) is 37.0 cm³/mol. The molecule has 1 atom stereocenters. The number of rotatable bonds is 2. The Morgan fingerprint density at radius 2 is 1.67 bits per heavy atom. The van der Waals surface area contributed by atoms with Crippen LogP contribution >= 0.6 is 0 Å². The highest BCUT2D eigenvalue weighted by atomic mass is 19.4. The largest absolute Gasteiger partial charge is 0.395 e. The fourth-order valence-corrected chi connectivity index (χ4v) is 0.532. The average Bonchev–Trinajstić information content (AvgIpc) is 1.83. The molecule has 6 heteroatoms. The molecule has 3 nitrogen and oxygen atoms in total. The second kappa shape index (κ2) is 2.93. The Labute approximate surface area is 67.9 Å². The van der Waals surface area contributed by atoms with Gasteiger partial charge < -0.3 is 11.5 Å². The van der Waals surface area contributed by atoms with E-state index in [2.05, 4.69) is 5.73 Å². The molecule has 4 N–H and O–H groups in total. The minimum atomic E-state index is -4.53. The maximum atomic E-state index is 12.2. The van der Waals surface area contributed by atoms with E-state index in [4.69, 9.17) is 5.73 Å². The number of alkyl halides is 3. The first-order chi connectivity index (χ1) is 5.10. The lowest BCUT2D eigenvalue weighted by molar-refractivity contribution is -0.217. The van der Waals surface area contributed by atoms with Gasteiger partial charge in [-0.25, -0.2) is 0 Å². The molecule has 1 amide bonds. The maximum Gasteiger partial charge on any atom is 0.395 e. The zero-order valence-electron chi connectivity index (χ0n) is 6.77. The van der Waals surface area contributed by atoms with Crippen molar-refractivity contribution in [3.8, 4) is 0 Å². The van der Waals surface area contributed by atoms with E-state index in [-0.39, 0.29) is 0 Å². The molecule has 0 bridgehead atoms. The van der Waals surface area contributed by atoms with Crippen molar-refractivity contribution in [1.29, 1.82) is 0 Å². The fraction of sp³-hybridized carbons (Fsp3) is 0.833. The lowest BCUT2D eigenvalue weighted by Gasteiger charge is -2.31. The van der Waals surface area contributed by atoms with Gasteiger partial charge in [-0.2, -0.15) is 13.2 Å². The van der Waals surface area contributed by atoms with Gasteiger partial charge in [0.2, 0.25) is 5.91 Å². The smallest absolute Gasteiger partial charge is 0.368 e. The third-order valence-corrected chi connectivity index (χ3v) is 1.81. The summed E-state index contributed by atoms with van der Waals surface area (Å²) in [6, 6.07) is -1.71. The Morgan fingerprint density at radius 1 is 1.33 bits per heavy atom.